The smallest absolute Gasteiger partial charge is 0.130 e. The van der Waals surface area contributed by atoms with Gasteiger partial charge in [-0.3, -0.25) is 0 Å². The first-order valence-corrected chi connectivity index (χ1v) is 15.6. The fourth-order valence-corrected chi connectivity index (χ4v) is 10.2. The van der Waals surface area contributed by atoms with Crippen LogP contribution in [-0.2, 0) is 0 Å². The van der Waals surface area contributed by atoms with Crippen molar-refractivity contribution in [3.05, 3.63) is 41.4 Å². The Morgan fingerprint density at radius 3 is 1.74 bits per heavy atom. The van der Waals surface area contributed by atoms with E-state index in [1.165, 1.54) is 75.1 Å². The number of halogens is 1. The molecule has 0 atom stereocenters. The maximum absolute atomic E-state index is 7.16. The Kier molecular flexibility index (Phi) is 10.0. The van der Waals surface area contributed by atoms with Crippen molar-refractivity contribution in [2.24, 2.45) is 0 Å². The monoisotopic (exact) mass is 500 g/mol. The topological polar surface area (TPSA) is 18.5 Å². The highest BCUT2D eigenvalue weighted by Crippen LogP contribution is 2.58. The van der Waals surface area contributed by atoms with Crippen LogP contribution in [0.1, 0.15) is 90.9 Å². The van der Waals surface area contributed by atoms with Gasteiger partial charge in [0, 0.05) is 10.3 Å². The summed E-state index contributed by atoms with van der Waals surface area (Å²) in [5, 5.41) is 2.37. The summed E-state index contributed by atoms with van der Waals surface area (Å²) in [4.78, 5) is 0. The van der Waals surface area contributed by atoms with Gasteiger partial charge in [0.1, 0.15) is 11.5 Å². The Hall–Kier alpha value is -1.24. The molecule has 2 aromatic carbocycles. The predicted octanol–water partition coefficient (Wildman–Crippen LogP) is 9.36. The maximum atomic E-state index is 7.16. The molecule has 0 N–H and O–H groups in total. The van der Waals surface area contributed by atoms with Gasteiger partial charge in [-0.2, -0.15) is 0 Å². The molecule has 0 aliphatic heterocycles. The molecular formula is C30H42ClO2P. The lowest BCUT2D eigenvalue weighted by Crippen LogP contribution is -2.27. The molecule has 0 bridgehead atoms. The lowest BCUT2D eigenvalue weighted by molar-refractivity contribution is 0.304. The van der Waals surface area contributed by atoms with Crippen LogP contribution in [0.2, 0.25) is 5.02 Å². The molecule has 2 saturated carbocycles. The number of hydrogen-bond acceptors (Lipinski definition) is 2. The van der Waals surface area contributed by atoms with Gasteiger partial charge in [-0.1, -0.05) is 90.1 Å². The van der Waals surface area contributed by atoms with E-state index in [1.807, 2.05) is 0 Å². The van der Waals surface area contributed by atoms with E-state index in [4.69, 9.17) is 21.1 Å². The van der Waals surface area contributed by atoms with Crippen molar-refractivity contribution in [1.82, 2.24) is 0 Å². The second-order valence-corrected chi connectivity index (χ2v) is 13.1. The minimum Gasteiger partial charge on any atom is -0.493 e. The molecule has 2 aromatic rings. The average Bonchev–Trinajstić information content (AvgIpc) is 2.88. The van der Waals surface area contributed by atoms with E-state index in [-0.39, 0.29) is 7.92 Å². The third-order valence-electron chi connectivity index (χ3n) is 7.36. The zero-order valence-corrected chi connectivity index (χ0v) is 22.8. The number of hydrogen-bond donors (Lipinski definition) is 0. The second kappa shape index (κ2) is 13.2. The van der Waals surface area contributed by atoms with E-state index in [2.05, 4.69) is 50.2 Å². The molecule has 2 aliphatic carbocycles. The fraction of sp³-hybridized carbons (Fsp3) is 0.600. The Morgan fingerprint density at radius 1 is 0.735 bits per heavy atom. The Labute approximate surface area is 213 Å². The van der Waals surface area contributed by atoms with Gasteiger partial charge in [-0.05, 0) is 73.6 Å². The minimum absolute atomic E-state index is 0.351. The van der Waals surface area contributed by atoms with Crippen molar-refractivity contribution < 1.29 is 9.47 Å². The minimum atomic E-state index is -0.351. The molecule has 186 valence electrons. The number of ether oxygens (including phenoxy) is 2. The van der Waals surface area contributed by atoms with Gasteiger partial charge in [0.15, 0.2) is 0 Å². The van der Waals surface area contributed by atoms with Gasteiger partial charge >= 0.3 is 0 Å². The second-order valence-electron chi connectivity index (χ2n) is 9.95. The van der Waals surface area contributed by atoms with Gasteiger partial charge in [-0.15, -0.1) is 0 Å². The SMILES string of the molecule is CCCOc1cccc(OCCC)c1-c1cccc(Cl)c1P(C1CCCCC1)C1CCCCC1. The third-order valence-corrected chi connectivity index (χ3v) is 11.4. The van der Waals surface area contributed by atoms with Gasteiger partial charge < -0.3 is 9.47 Å². The molecule has 0 radical (unpaired) electrons. The van der Waals surface area contributed by atoms with Crippen LogP contribution in [0.3, 0.4) is 0 Å². The standard InChI is InChI=1S/C30H42ClO2P/c1-3-21-32-27-19-12-20-28(33-22-4-2)29(27)25-17-11-18-26(31)30(25)34(23-13-7-5-8-14-23)24-15-9-6-10-16-24/h11-12,17-20,23-24H,3-10,13-16,21-22H2,1-2H3. The van der Waals surface area contributed by atoms with E-state index >= 15 is 0 Å². The molecule has 4 heteroatoms. The molecule has 34 heavy (non-hydrogen) atoms. The largest absolute Gasteiger partial charge is 0.493 e. The van der Waals surface area contributed by atoms with E-state index in [9.17, 15) is 0 Å². The van der Waals surface area contributed by atoms with Crippen LogP contribution < -0.4 is 14.8 Å². The quantitative estimate of drug-likeness (QED) is 0.302. The maximum Gasteiger partial charge on any atom is 0.130 e. The third kappa shape index (κ3) is 6.11. The molecule has 0 aromatic heterocycles. The molecular weight excluding hydrogens is 459 g/mol. The van der Waals surface area contributed by atoms with Crippen molar-refractivity contribution in [3.8, 4) is 22.6 Å². The Morgan fingerprint density at radius 2 is 1.24 bits per heavy atom. The summed E-state index contributed by atoms with van der Waals surface area (Å²) in [5.41, 5.74) is 3.94. The van der Waals surface area contributed by atoms with Crippen molar-refractivity contribution in [2.45, 2.75) is 102 Å². The fourth-order valence-electron chi connectivity index (χ4n) is 5.80. The van der Waals surface area contributed by atoms with Crippen LogP contribution in [0.4, 0.5) is 0 Å². The molecule has 2 aliphatic rings. The Balaban J connectivity index is 1.86. The molecule has 0 saturated heterocycles. The van der Waals surface area contributed by atoms with E-state index in [0.717, 1.165) is 46.2 Å². The molecule has 0 unspecified atom stereocenters. The summed E-state index contributed by atoms with van der Waals surface area (Å²) in [6.45, 7) is 5.74. The van der Waals surface area contributed by atoms with Crippen LogP contribution >= 0.6 is 19.5 Å². The van der Waals surface area contributed by atoms with E-state index < -0.39 is 0 Å². The first-order chi connectivity index (χ1) is 16.7. The molecule has 0 heterocycles. The molecule has 0 amide bonds. The van der Waals surface area contributed by atoms with Crippen LogP contribution in [-0.4, -0.2) is 24.5 Å². The molecule has 4 rings (SSSR count). The lowest BCUT2D eigenvalue weighted by atomic mass is 9.99. The summed E-state index contributed by atoms with van der Waals surface area (Å²) in [5.74, 6) is 1.86. The van der Waals surface area contributed by atoms with Crippen molar-refractivity contribution in [1.29, 1.82) is 0 Å². The van der Waals surface area contributed by atoms with Crippen LogP contribution in [0, 0.1) is 0 Å². The summed E-state index contributed by atoms with van der Waals surface area (Å²) in [6.07, 6.45) is 15.7. The molecule has 2 nitrogen and oxygen atoms in total. The van der Waals surface area contributed by atoms with Gasteiger partial charge in [-0.25, -0.2) is 0 Å². The number of benzene rings is 2. The highest BCUT2D eigenvalue weighted by atomic mass is 35.5. The summed E-state index contributed by atoms with van der Waals surface area (Å²) < 4.78 is 12.6. The molecule has 0 spiro atoms. The average molecular weight is 501 g/mol. The Bertz CT molecular complexity index is 858. The summed E-state index contributed by atoms with van der Waals surface area (Å²) >= 11 is 7.16. The summed E-state index contributed by atoms with van der Waals surface area (Å²) in [7, 11) is -0.351. The highest BCUT2D eigenvalue weighted by molar-refractivity contribution is 7.67. The highest BCUT2D eigenvalue weighted by Gasteiger charge is 2.35. The first-order valence-electron chi connectivity index (χ1n) is 13.7. The molecule has 2 fully saturated rings. The lowest BCUT2D eigenvalue weighted by Gasteiger charge is -2.40. The van der Waals surface area contributed by atoms with Gasteiger partial charge in [0.05, 0.1) is 18.8 Å². The normalized spacial score (nSPS) is 17.8. The van der Waals surface area contributed by atoms with Crippen molar-refractivity contribution in [3.63, 3.8) is 0 Å². The van der Waals surface area contributed by atoms with Gasteiger partial charge in [0.25, 0.3) is 0 Å². The van der Waals surface area contributed by atoms with Crippen LogP contribution in [0.25, 0.3) is 11.1 Å². The van der Waals surface area contributed by atoms with E-state index in [1.54, 1.807) is 0 Å². The van der Waals surface area contributed by atoms with Crippen LogP contribution in [0.15, 0.2) is 36.4 Å². The van der Waals surface area contributed by atoms with Crippen molar-refractivity contribution >= 4 is 24.8 Å². The zero-order valence-electron chi connectivity index (χ0n) is 21.2. The van der Waals surface area contributed by atoms with Gasteiger partial charge in [0.2, 0.25) is 0 Å². The van der Waals surface area contributed by atoms with Crippen LogP contribution in [0.5, 0.6) is 11.5 Å². The summed E-state index contributed by atoms with van der Waals surface area (Å²) in [6, 6.07) is 12.8. The number of rotatable bonds is 10. The zero-order chi connectivity index (χ0) is 23.8. The van der Waals surface area contributed by atoms with E-state index in [0.29, 0.717) is 13.2 Å². The van der Waals surface area contributed by atoms with Crippen molar-refractivity contribution in [2.75, 3.05) is 13.2 Å². The first kappa shape index (κ1) is 25.8. The predicted molar refractivity (Wildman–Crippen MR) is 149 cm³/mol.